The van der Waals surface area contributed by atoms with Gasteiger partial charge in [0, 0.05) is 11.3 Å². The molecule has 0 radical (unpaired) electrons. The van der Waals surface area contributed by atoms with Gasteiger partial charge in [0.15, 0.2) is 11.0 Å². The number of benzene rings is 4. The van der Waals surface area contributed by atoms with E-state index in [1.54, 1.807) is 14.2 Å². The number of methoxy groups -OCH3 is 2. The lowest BCUT2D eigenvalue weighted by Crippen LogP contribution is -2.21. The summed E-state index contributed by atoms with van der Waals surface area (Å²) in [6, 6.07) is 33.5. The summed E-state index contributed by atoms with van der Waals surface area (Å²) in [7, 11) is 3.25. The summed E-state index contributed by atoms with van der Waals surface area (Å²) in [4.78, 5) is 12.7. The number of ether oxygens (including phenoxy) is 2. The number of carbonyl (C=O) groups is 1. The van der Waals surface area contributed by atoms with E-state index >= 15 is 0 Å². The highest BCUT2D eigenvalue weighted by atomic mass is 32.2. The van der Waals surface area contributed by atoms with Crippen LogP contribution in [0.1, 0.15) is 12.5 Å². The Hall–Kier alpha value is -4.89. The number of carbonyl (C=O) groups excluding carboxylic acids is 1. The normalized spacial score (nSPS) is 11.2. The molecular formula is C32H29N5O3S. The molecule has 0 saturated heterocycles. The van der Waals surface area contributed by atoms with Gasteiger partial charge < -0.3 is 9.47 Å². The fraction of sp³-hybridized carbons (Fsp3) is 0.125. The summed E-state index contributed by atoms with van der Waals surface area (Å²) >= 11 is 1.28. The minimum absolute atomic E-state index is 0.112. The molecule has 41 heavy (non-hydrogen) atoms. The van der Waals surface area contributed by atoms with Crippen molar-refractivity contribution < 1.29 is 14.3 Å². The van der Waals surface area contributed by atoms with E-state index in [0.29, 0.717) is 16.7 Å². The van der Waals surface area contributed by atoms with Crippen molar-refractivity contribution in [1.29, 1.82) is 0 Å². The first-order valence-corrected chi connectivity index (χ1v) is 13.9. The maximum Gasteiger partial charge on any atom is 0.250 e. The van der Waals surface area contributed by atoms with E-state index in [2.05, 4.69) is 32.9 Å². The van der Waals surface area contributed by atoms with Gasteiger partial charge in [-0.2, -0.15) is 5.10 Å². The number of aromatic nitrogens is 3. The molecule has 0 bridgehead atoms. The van der Waals surface area contributed by atoms with Crippen molar-refractivity contribution >= 4 is 23.4 Å². The molecule has 0 spiro atoms. The fourth-order valence-electron chi connectivity index (χ4n) is 4.16. The molecule has 0 saturated carbocycles. The quantitative estimate of drug-likeness (QED) is 0.123. The van der Waals surface area contributed by atoms with E-state index in [4.69, 9.17) is 9.47 Å². The Morgan fingerprint density at radius 1 is 0.780 bits per heavy atom. The predicted molar refractivity (Wildman–Crippen MR) is 163 cm³/mol. The SMILES string of the molecule is COc1ccc(-c2nnc(SCC(=O)N/N=C(/C)c3ccc(-c4ccccc4)cc3)n2-c2ccc(OC)cc2)cc1. The summed E-state index contributed by atoms with van der Waals surface area (Å²) in [5, 5.41) is 13.7. The van der Waals surface area contributed by atoms with Crippen molar-refractivity contribution in [2.45, 2.75) is 12.1 Å². The Kier molecular flexibility index (Phi) is 8.76. The van der Waals surface area contributed by atoms with Gasteiger partial charge >= 0.3 is 0 Å². The van der Waals surface area contributed by atoms with E-state index in [-0.39, 0.29) is 11.7 Å². The third-order valence-electron chi connectivity index (χ3n) is 6.40. The van der Waals surface area contributed by atoms with Crippen molar-refractivity contribution in [3.05, 3.63) is 109 Å². The van der Waals surface area contributed by atoms with Gasteiger partial charge in [0.25, 0.3) is 5.91 Å². The van der Waals surface area contributed by atoms with E-state index < -0.39 is 0 Å². The van der Waals surface area contributed by atoms with E-state index in [1.165, 1.54) is 11.8 Å². The standard InChI is InChI=1S/C32H29N5O3S/c1-22(23-9-11-25(12-10-23)24-7-5-4-6-8-24)33-34-30(38)21-41-32-36-35-31(26-13-17-28(39-2)18-14-26)37(32)27-15-19-29(40-3)20-16-27/h4-20H,21H2,1-3H3,(H,34,38)/b33-22-. The minimum Gasteiger partial charge on any atom is -0.497 e. The number of nitrogens with zero attached hydrogens (tertiary/aromatic N) is 4. The Morgan fingerprint density at radius 2 is 1.37 bits per heavy atom. The monoisotopic (exact) mass is 563 g/mol. The van der Waals surface area contributed by atoms with Gasteiger partial charge in [0.05, 0.1) is 25.7 Å². The zero-order chi connectivity index (χ0) is 28.6. The lowest BCUT2D eigenvalue weighted by Gasteiger charge is -2.11. The number of thioether (sulfide) groups is 1. The number of amides is 1. The molecule has 1 aromatic heterocycles. The molecule has 1 heterocycles. The molecule has 0 unspecified atom stereocenters. The molecule has 0 fully saturated rings. The number of nitrogens with one attached hydrogen (secondary N) is 1. The molecule has 8 nitrogen and oxygen atoms in total. The molecule has 0 aliphatic rings. The lowest BCUT2D eigenvalue weighted by molar-refractivity contribution is -0.118. The number of rotatable bonds is 10. The molecule has 1 amide bonds. The average molecular weight is 564 g/mol. The number of hydrogen-bond acceptors (Lipinski definition) is 7. The van der Waals surface area contributed by atoms with Gasteiger partial charge in [-0.3, -0.25) is 9.36 Å². The van der Waals surface area contributed by atoms with Crippen molar-refractivity contribution in [1.82, 2.24) is 20.2 Å². The first kappa shape index (κ1) is 27.7. The Bertz CT molecular complexity index is 1630. The Morgan fingerprint density at radius 3 is 2.00 bits per heavy atom. The zero-order valence-electron chi connectivity index (χ0n) is 22.9. The van der Waals surface area contributed by atoms with E-state index in [1.807, 2.05) is 102 Å². The van der Waals surface area contributed by atoms with Crippen molar-refractivity contribution in [2.75, 3.05) is 20.0 Å². The van der Waals surface area contributed by atoms with Gasteiger partial charge in [-0.15, -0.1) is 10.2 Å². The van der Waals surface area contributed by atoms with Crippen LogP contribution < -0.4 is 14.9 Å². The van der Waals surface area contributed by atoms with Crippen LogP contribution in [0.5, 0.6) is 11.5 Å². The van der Waals surface area contributed by atoms with Crippen LogP contribution in [0, 0.1) is 0 Å². The second-order valence-electron chi connectivity index (χ2n) is 9.03. The minimum atomic E-state index is -0.245. The summed E-state index contributed by atoms with van der Waals surface area (Å²) in [5.41, 5.74) is 8.29. The first-order chi connectivity index (χ1) is 20.1. The summed E-state index contributed by atoms with van der Waals surface area (Å²) in [6.45, 7) is 1.87. The smallest absolute Gasteiger partial charge is 0.250 e. The van der Waals surface area contributed by atoms with E-state index in [9.17, 15) is 4.79 Å². The number of hydrogen-bond donors (Lipinski definition) is 1. The first-order valence-electron chi connectivity index (χ1n) is 12.9. The van der Waals surface area contributed by atoms with Crippen LogP contribution in [0.2, 0.25) is 0 Å². The second kappa shape index (κ2) is 13.0. The van der Waals surface area contributed by atoms with Crippen molar-refractivity contribution in [3.8, 4) is 39.7 Å². The van der Waals surface area contributed by atoms with Crippen LogP contribution in [0.15, 0.2) is 113 Å². The van der Waals surface area contributed by atoms with Crippen LogP contribution >= 0.6 is 11.8 Å². The highest BCUT2D eigenvalue weighted by Gasteiger charge is 2.18. The van der Waals surface area contributed by atoms with Crippen LogP contribution in [-0.4, -0.2) is 46.4 Å². The van der Waals surface area contributed by atoms with E-state index in [0.717, 1.165) is 39.4 Å². The molecule has 4 aromatic carbocycles. The van der Waals surface area contributed by atoms with Gasteiger partial charge in [0.2, 0.25) is 0 Å². The highest BCUT2D eigenvalue weighted by Crippen LogP contribution is 2.30. The van der Waals surface area contributed by atoms with Crippen LogP contribution in [0.4, 0.5) is 0 Å². The maximum atomic E-state index is 12.7. The molecule has 1 N–H and O–H groups in total. The topological polar surface area (TPSA) is 90.6 Å². The summed E-state index contributed by atoms with van der Waals surface area (Å²) < 4.78 is 12.5. The Balaban J connectivity index is 1.29. The lowest BCUT2D eigenvalue weighted by atomic mass is 10.0. The molecule has 5 rings (SSSR count). The van der Waals surface area contributed by atoms with Crippen molar-refractivity contribution in [3.63, 3.8) is 0 Å². The van der Waals surface area contributed by atoms with Gasteiger partial charge in [0.1, 0.15) is 11.5 Å². The van der Waals surface area contributed by atoms with Crippen molar-refractivity contribution in [2.24, 2.45) is 5.10 Å². The van der Waals surface area contributed by atoms with Gasteiger partial charge in [-0.1, -0.05) is 66.4 Å². The number of hydrazone groups is 1. The summed E-state index contributed by atoms with van der Waals surface area (Å²) in [5.74, 6) is 2.00. The molecule has 0 atom stereocenters. The fourth-order valence-corrected chi connectivity index (χ4v) is 4.91. The second-order valence-corrected chi connectivity index (χ2v) is 9.97. The zero-order valence-corrected chi connectivity index (χ0v) is 23.8. The summed E-state index contributed by atoms with van der Waals surface area (Å²) in [6.07, 6.45) is 0. The van der Waals surface area contributed by atoms with Gasteiger partial charge in [-0.25, -0.2) is 5.43 Å². The van der Waals surface area contributed by atoms with Gasteiger partial charge in [-0.05, 0) is 72.1 Å². The Labute approximate surface area is 243 Å². The van der Waals surface area contributed by atoms with Crippen LogP contribution in [-0.2, 0) is 4.79 Å². The largest absolute Gasteiger partial charge is 0.497 e. The molecule has 0 aliphatic carbocycles. The highest BCUT2D eigenvalue weighted by molar-refractivity contribution is 7.99. The average Bonchev–Trinajstić information content (AvgIpc) is 3.47. The van der Waals surface area contributed by atoms with Crippen LogP contribution in [0.3, 0.4) is 0 Å². The molecule has 9 heteroatoms. The molecule has 0 aliphatic heterocycles. The molecule has 206 valence electrons. The predicted octanol–water partition coefficient (Wildman–Crippen LogP) is 6.25. The third kappa shape index (κ3) is 6.64. The molecular weight excluding hydrogens is 534 g/mol. The third-order valence-corrected chi connectivity index (χ3v) is 7.33. The van der Waals surface area contributed by atoms with Crippen LogP contribution in [0.25, 0.3) is 28.2 Å². The maximum absolute atomic E-state index is 12.7. The molecule has 5 aromatic rings.